The predicted molar refractivity (Wildman–Crippen MR) is 120 cm³/mol. The SMILES string of the molecule is COc1ccc(Nc2cc(C)nc(N3CCN(C(=O)c4cc(C)cs4)CC3)n2)cc1. The van der Waals surface area contributed by atoms with Gasteiger partial charge in [-0.2, -0.15) is 4.98 Å². The number of ether oxygens (including phenoxy) is 1. The van der Waals surface area contributed by atoms with E-state index in [1.54, 1.807) is 7.11 Å². The Morgan fingerprint density at radius 1 is 1.07 bits per heavy atom. The summed E-state index contributed by atoms with van der Waals surface area (Å²) in [6.07, 6.45) is 0. The van der Waals surface area contributed by atoms with E-state index in [0.717, 1.165) is 33.4 Å². The Morgan fingerprint density at radius 2 is 1.80 bits per heavy atom. The van der Waals surface area contributed by atoms with Gasteiger partial charge < -0.3 is 19.9 Å². The van der Waals surface area contributed by atoms with Crippen LogP contribution in [0.3, 0.4) is 0 Å². The third-order valence-electron chi connectivity index (χ3n) is 5.00. The van der Waals surface area contributed by atoms with Crippen molar-refractivity contribution >= 4 is 34.7 Å². The molecule has 1 saturated heterocycles. The Bertz CT molecular complexity index is 1030. The van der Waals surface area contributed by atoms with Crippen LogP contribution in [0.2, 0.25) is 0 Å². The van der Waals surface area contributed by atoms with Crippen LogP contribution in [0.25, 0.3) is 0 Å². The van der Waals surface area contributed by atoms with E-state index >= 15 is 0 Å². The van der Waals surface area contributed by atoms with Crippen LogP contribution in [0.4, 0.5) is 17.5 Å². The van der Waals surface area contributed by atoms with Crippen LogP contribution in [-0.2, 0) is 0 Å². The normalized spacial score (nSPS) is 14.0. The maximum absolute atomic E-state index is 12.7. The minimum absolute atomic E-state index is 0.111. The second-order valence-corrected chi connectivity index (χ2v) is 8.23. The minimum Gasteiger partial charge on any atom is -0.497 e. The second kappa shape index (κ2) is 8.71. The smallest absolute Gasteiger partial charge is 0.264 e. The first-order valence-corrected chi connectivity index (χ1v) is 10.8. The molecule has 1 aromatic carbocycles. The number of amides is 1. The van der Waals surface area contributed by atoms with E-state index in [2.05, 4.69) is 15.2 Å². The van der Waals surface area contributed by atoms with E-state index in [4.69, 9.17) is 9.72 Å². The van der Waals surface area contributed by atoms with Crippen molar-refractivity contribution in [2.75, 3.05) is 43.5 Å². The van der Waals surface area contributed by atoms with Crippen LogP contribution in [0.5, 0.6) is 5.75 Å². The first-order chi connectivity index (χ1) is 14.5. The number of methoxy groups -OCH3 is 1. The van der Waals surface area contributed by atoms with Gasteiger partial charge in [0.1, 0.15) is 11.6 Å². The van der Waals surface area contributed by atoms with Crippen LogP contribution >= 0.6 is 11.3 Å². The lowest BCUT2D eigenvalue weighted by atomic mass is 10.2. The number of aromatic nitrogens is 2. The molecule has 3 heterocycles. The van der Waals surface area contributed by atoms with Crippen molar-refractivity contribution in [3.8, 4) is 5.75 Å². The number of rotatable bonds is 5. The van der Waals surface area contributed by atoms with Crippen molar-refractivity contribution in [2.24, 2.45) is 0 Å². The standard InChI is InChI=1S/C22H25N5O2S/c1-15-12-19(30-14-15)21(28)26-8-10-27(11-9-26)22-23-16(2)13-20(25-22)24-17-4-6-18(29-3)7-5-17/h4-7,12-14H,8-11H2,1-3H3,(H,23,24,25). The number of nitrogens with one attached hydrogen (secondary N) is 1. The summed E-state index contributed by atoms with van der Waals surface area (Å²) in [7, 11) is 1.65. The fourth-order valence-electron chi connectivity index (χ4n) is 3.39. The van der Waals surface area contributed by atoms with Crippen LogP contribution in [-0.4, -0.2) is 54.1 Å². The van der Waals surface area contributed by atoms with Gasteiger partial charge in [-0.05, 0) is 55.1 Å². The first-order valence-electron chi connectivity index (χ1n) is 9.88. The molecule has 0 aliphatic carbocycles. The largest absolute Gasteiger partial charge is 0.497 e. The summed E-state index contributed by atoms with van der Waals surface area (Å²) >= 11 is 1.51. The number of carbonyl (C=O) groups is 1. The molecule has 156 valence electrons. The number of piperazine rings is 1. The van der Waals surface area contributed by atoms with E-state index < -0.39 is 0 Å². The van der Waals surface area contributed by atoms with Gasteiger partial charge in [-0.25, -0.2) is 4.98 Å². The Labute approximate surface area is 180 Å². The number of nitrogens with zero attached hydrogens (tertiary/aromatic N) is 4. The molecular weight excluding hydrogens is 398 g/mol. The summed E-state index contributed by atoms with van der Waals surface area (Å²) in [5, 5.41) is 5.35. The highest BCUT2D eigenvalue weighted by atomic mass is 32.1. The highest BCUT2D eigenvalue weighted by molar-refractivity contribution is 7.12. The fourth-order valence-corrected chi connectivity index (χ4v) is 4.25. The Hall–Kier alpha value is -3.13. The van der Waals surface area contributed by atoms with Crippen molar-refractivity contribution in [3.63, 3.8) is 0 Å². The predicted octanol–water partition coefficient (Wildman–Crippen LogP) is 3.87. The summed E-state index contributed by atoms with van der Waals surface area (Å²) < 4.78 is 5.20. The van der Waals surface area contributed by atoms with Gasteiger partial charge in [-0.3, -0.25) is 4.79 Å². The minimum atomic E-state index is 0.111. The Morgan fingerprint density at radius 3 is 2.43 bits per heavy atom. The van der Waals surface area contributed by atoms with Gasteiger partial charge in [0.15, 0.2) is 0 Å². The molecule has 0 atom stereocenters. The number of hydrogen-bond donors (Lipinski definition) is 1. The zero-order valence-corrected chi connectivity index (χ0v) is 18.2. The topological polar surface area (TPSA) is 70.6 Å². The second-order valence-electron chi connectivity index (χ2n) is 7.32. The fraction of sp³-hybridized carbons (Fsp3) is 0.318. The summed E-state index contributed by atoms with van der Waals surface area (Å²) in [5.41, 5.74) is 2.96. The van der Waals surface area contributed by atoms with Crippen molar-refractivity contribution in [3.05, 3.63) is 57.9 Å². The van der Waals surface area contributed by atoms with Crippen LogP contribution < -0.4 is 15.0 Å². The van der Waals surface area contributed by atoms with Gasteiger partial charge in [-0.1, -0.05) is 0 Å². The number of hydrogen-bond acceptors (Lipinski definition) is 7. The van der Waals surface area contributed by atoms with Gasteiger partial charge in [0.05, 0.1) is 12.0 Å². The van der Waals surface area contributed by atoms with Crippen LogP contribution in [0.15, 0.2) is 41.8 Å². The molecule has 0 radical (unpaired) electrons. The number of thiophene rings is 1. The lowest BCUT2D eigenvalue weighted by Gasteiger charge is -2.34. The summed E-state index contributed by atoms with van der Waals surface area (Å²) in [6, 6.07) is 11.6. The quantitative estimate of drug-likeness (QED) is 0.672. The zero-order chi connectivity index (χ0) is 21.1. The average molecular weight is 424 g/mol. The molecule has 1 N–H and O–H groups in total. The van der Waals surface area contributed by atoms with E-state index in [1.807, 2.05) is 60.5 Å². The molecule has 4 rings (SSSR count). The highest BCUT2D eigenvalue weighted by Gasteiger charge is 2.24. The molecule has 1 aliphatic rings. The number of aryl methyl sites for hydroxylation is 2. The molecule has 1 fully saturated rings. The lowest BCUT2D eigenvalue weighted by molar-refractivity contribution is 0.0751. The maximum atomic E-state index is 12.7. The molecular formula is C22H25N5O2S. The Balaban J connectivity index is 1.42. The van der Waals surface area contributed by atoms with Crippen molar-refractivity contribution < 1.29 is 9.53 Å². The van der Waals surface area contributed by atoms with Crippen molar-refractivity contribution in [1.29, 1.82) is 0 Å². The van der Waals surface area contributed by atoms with Crippen LogP contribution in [0.1, 0.15) is 20.9 Å². The van der Waals surface area contributed by atoms with Gasteiger partial charge in [0.25, 0.3) is 5.91 Å². The third kappa shape index (κ3) is 4.54. The van der Waals surface area contributed by atoms with E-state index in [0.29, 0.717) is 32.1 Å². The van der Waals surface area contributed by atoms with Crippen LogP contribution in [0, 0.1) is 13.8 Å². The number of anilines is 3. The molecule has 30 heavy (non-hydrogen) atoms. The van der Waals surface area contributed by atoms with E-state index in [9.17, 15) is 4.79 Å². The molecule has 1 amide bonds. The summed E-state index contributed by atoms with van der Waals surface area (Å²) in [5.74, 6) is 2.35. The number of carbonyl (C=O) groups excluding carboxylic acids is 1. The van der Waals surface area contributed by atoms with E-state index in [-0.39, 0.29) is 5.91 Å². The van der Waals surface area contributed by atoms with Gasteiger partial charge in [-0.15, -0.1) is 11.3 Å². The molecule has 0 bridgehead atoms. The average Bonchev–Trinajstić information content (AvgIpc) is 3.20. The molecule has 0 saturated carbocycles. The molecule has 2 aromatic heterocycles. The van der Waals surface area contributed by atoms with Crippen molar-refractivity contribution in [1.82, 2.24) is 14.9 Å². The zero-order valence-electron chi connectivity index (χ0n) is 17.4. The highest BCUT2D eigenvalue weighted by Crippen LogP contribution is 2.22. The van der Waals surface area contributed by atoms with Gasteiger partial charge in [0.2, 0.25) is 5.95 Å². The summed E-state index contributed by atoms with van der Waals surface area (Å²) in [4.78, 5) is 26.8. The Kier molecular flexibility index (Phi) is 5.85. The molecule has 1 aliphatic heterocycles. The molecule has 8 heteroatoms. The molecule has 7 nitrogen and oxygen atoms in total. The molecule has 3 aromatic rings. The van der Waals surface area contributed by atoms with Gasteiger partial charge >= 0.3 is 0 Å². The number of benzene rings is 1. The molecule has 0 unspecified atom stereocenters. The molecule has 0 spiro atoms. The maximum Gasteiger partial charge on any atom is 0.264 e. The monoisotopic (exact) mass is 423 g/mol. The third-order valence-corrected chi connectivity index (χ3v) is 6.03. The lowest BCUT2D eigenvalue weighted by Crippen LogP contribution is -2.49. The van der Waals surface area contributed by atoms with Crippen molar-refractivity contribution in [2.45, 2.75) is 13.8 Å². The van der Waals surface area contributed by atoms with Gasteiger partial charge in [0, 0.05) is 43.6 Å². The summed E-state index contributed by atoms with van der Waals surface area (Å²) in [6.45, 7) is 6.72. The first kappa shape index (κ1) is 20.2. The van der Waals surface area contributed by atoms with E-state index in [1.165, 1.54) is 11.3 Å².